The maximum Gasteiger partial charge on any atom is 0.224 e. The summed E-state index contributed by atoms with van der Waals surface area (Å²) in [6.45, 7) is 5.33. The molecular formula is C12H16FN5. The second-order valence-corrected chi connectivity index (χ2v) is 3.86. The number of benzene rings is 1. The number of nitrogens with two attached hydrogens (primary N) is 1. The quantitative estimate of drug-likeness (QED) is 0.814. The number of hydrogen-bond acceptors (Lipinski definition) is 4. The Labute approximate surface area is 105 Å². The number of rotatable bonds is 4. The lowest BCUT2D eigenvalue weighted by molar-refractivity contribution is 0.628. The molecule has 0 unspecified atom stereocenters. The molecule has 96 valence electrons. The predicted molar refractivity (Wildman–Crippen MR) is 69.7 cm³/mol. The zero-order chi connectivity index (χ0) is 13.1. The Balaban J connectivity index is 2.50. The summed E-state index contributed by atoms with van der Waals surface area (Å²) < 4.78 is 15.7. The second kappa shape index (κ2) is 5.03. The Kier molecular flexibility index (Phi) is 3.45. The molecule has 0 aliphatic carbocycles. The van der Waals surface area contributed by atoms with Crippen molar-refractivity contribution in [2.24, 2.45) is 0 Å². The predicted octanol–water partition coefficient (Wildman–Crippen LogP) is 2.12. The van der Waals surface area contributed by atoms with Gasteiger partial charge in [-0.15, -0.1) is 10.2 Å². The molecular weight excluding hydrogens is 233 g/mol. The zero-order valence-electron chi connectivity index (χ0n) is 10.4. The van der Waals surface area contributed by atoms with Gasteiger partial charge in [-0.2, -0.15) is 0 Å². The molecule has 0 bridgehead atoms. The number of nitrogens with zero attached hydrogens (tertiary/aromatic N) is 3. The largest absolute Gasteiger partial charge is 0.399 e. The van der Waals surface area contributed by atoms with Gasteiger partial charge in [0.15, 0.2) is 5.82 Å². The van der Waals surface area contributed by atoms with E-state index in [2.05, 4.69) is 15.5 Å². The van der Waals surface area contributed by atoms with Crippen LogP contribution in [0.1, 0.15) is 13.8 Å². The van der Waals surface area contributed by atoms with Crippen molar-refractivity contribution in [3.8, 4) is 11.4 Å². The van der Waals surface area contributed by atoms with E-state index >= 15 is 0 Å². The van der Waals surface area contributed by atoms with Crippen LogP contribution in [-0.2, 0) is 6.54 Å². The summed E-state index contributed by atoms with van der Waals surface area (Å²) >= 11 is 0. The summed E-state index contributed by atoms with van der Waals surface area (Å²) in [5, 5.41) is 11.1. The zero-order valence-corrected chi connectivity index (χ0v) is 10.4. The molecule has 0 atom stereocenters. The smallest absolute Gasteiger partial charge is 0.224 e. The number of hydrogen-bond donors (Lipinski definition) is 2. The number of nitrogen functional groups attached to an aromatic ring is 1. The lowest BCUT2D eigenvalue weighted by atomic mass is 10.2. The van der Waals surface area contributed by atoms with Gasteiger partial charge < -0.3 is 11.1 Å². The highest BCUT2D eigenvalue weighted by Crippen LogP contribution is 2.24. The maximum atomic E-state index is 13.9. The van der Waals surface area contributed by atoms with Gasteiger partial charge in [0.05, 0.1) is 5.56 Å². The van der Waals surface area contributed by atoms with Gasteiger partial charge in [0, 0.05) is 18.8 Å². The van der Waals surface area contributed by atoms with E-state index in [4.69, 9.17) is 5.73 Å². The molecule has 0 amide bonds. The van der Waals surface area contributed by atoms with Crippen LogP contribution >= 0.6 is 0 Å². The van der Waals surface area contributed by atoms with Crippen LogP contribution in [0.15, 0.2) is 18.2 Å². The summed E-state index contributed by atoms with van der Waals surface area (Å²) in [4.78, 5) is 0. The summed E-state index contributed by atoms with van der Waals surface area (Å²) in [6.07, 6.45) is 0. The lowest BCUT2D eigenvalue weighted by Gasteiger charge is -2.08. The van der Waals surface area contributed by atoms with Crippen molar-refractivity contribution in [1.29, 1.82) is 0 Å². The van der Waals surface area contributed by atoms with Gasteiger partial charge in [-0.3, -0.25) is 4.57 Å². The SMILES string of the molecule is CCNc1nnc(-c2ccc(N)cc2F)n1CC. The normalized spacial score (nSPS) is 10.6. The van der Waals surface area contributed by atoms with E-state index in [1.54, 1.807) is 12.1 Å². The lowest BCUT2D eigenvalue weighted by Crippen LogP contribution is -2.07. The van der Waals surface area contributed by atoms with E-state index in [1.807, 2.05) is 18.4 Å². The van der Waals surface area contributed by atoms with E-state index in [0.717, 1.165) is 6.54 Å². The molecule has 3 N–H and O–H groups in total. The van der Waals surface area contributed by atoms with Gasteiger partial charge >= 0.3 is 0 Å². The van der Waals surface area contributed by atoms with E-state index in [0.29, 0.717) is 29.6 Å². The van der Waals surface area contributed by atoms with E-state index < -0.39 is 0 Å². The van der Waals surface area contributed by atoms with Gasteiger partial charge in [-0.1, -0.05) is 0 Å². The first-order valence-electron chi connectivity index (χ1n) is 5.89. The fourth-order valence-electron chi connectivity index (χ4n) is 1.80. The highest BCUT2D eigenvalue weighted by molar-refractivity contribution is 5.61. The van der Waals surface area contributed by atoms with Crippen molar-refractivity contribution < 1.29 is 4.39 Å². The molecule has 0 fully saturated rings. The fraction of sp³-hybridized carbons (Fsp3) is 0.333. The third kappa shape index (κ3) is 2.13. The molecule has 0 spiro atoms. The Bertz CT molecular complexity index is 549. The topological polar surface area (TPSA) is 68.8 Å². The minimum atomic E-state index is -0.389. The first kappa shape index (κ1) is 12.3. The molecule has 0 radical (unpaired) electrons. The Morgan fingerprint density at radius 3 is 2.72 bits per heavy atom. The van der Waals surface area contributed by atoms with Gasteiger partial charge in [-0.25, -0.2) is 4.39 Å². The summed E-state index contributed by atoms with van der Waals surface area (Å²) in [5.74, 6) is 0.761. The Morgan fingerprint density at radius 2 is 2.11 bits per heavy atom. The molecule has 6 heteroatoms. The van der Waals surface area contributed by atoms with Crippen molar-refractivity contribution in [3.05, 3.63) is 24.0 Å². The molecule has 2 aromatic rings. The van der Waals surface area contributed by atoms with E-state index in [1.165, 1.54) is 6.07 Å². The van der Waals surface area contributed by atoms with Crippen molar-refractivity contribution in [3.63, 3.8) is 0 Å². The van der Waals surface area contributed by atoms with Crippen molar-refractivity contribution in [2.45, 2.75) is 20.4 Å². The van der Waals surface area contributed by atoms with Crippen LogP contribution in [0, 0.1) is 5.82 Å². The number of nitrogens with one attached hydrogen (secondary N) is 1. The molecule has 0 saturated heterocycles. The van der Waals surface area contributed by atoms with Gasteiger partial charge in [-0.05, 0) is 32.0 Å². The molecule has 0 saturated carbocycles. The highest BCUT2D eigenvalue weighted by atomic mass is 19.1. The average Bonchev–Trinajstić information content (AvgIpc) is 2.72. The number of aromatic nitrogens is 3. The molecule has 18 heavy (non-hydrogen) atoms. The first-order valence-corrected chi connectivity index (χ1v) is 5.89. The van der Waals surface area contributed by atoms with Crippen LogP contribution in [0.2, 0.25) is 0 Å². The first-order chi connectivity index (χ1) is 8.67. The molecule has 1 aromatic heterocycles. The van der Waals surface area contributed by atoms with Crippen LogP contribution in [0.3, 0.4) is 0 Å². The third-order valence-corrected chi connectivity index (χ3v) is 2.64. The summed E-state index contributed by atoms with van der Waals surface area (Å²) in [5.41, 5.74) is 6.33. The fourth-order valence-corrected chi connectivity index (χ4v) is 1.80. The summed E-state index contributed by atoms with van der Waals surface area (Å²) in [7, 11) is 0. The van der Waals surface area contributed by atoms with Crippen molar-refractivity contribution in [1.82, 2.24) is 14.8 Å². The average molecular weight is 249 g/mol. The van der Waals surface area contributed by atoms with E-state index in [-0.39, 0.29) is 5.82 Å². The second-order valence-electron chi connectivity index (χ2n) is 3.86. The highest BCUT2D eigenvalue weighted by Gasteiger charge is 2.15. The molecule has 5 nitrogen and oxygen atoms in total. The van der Waals surface area contributed by atoms with Crippen molar-refractivity contribution >= 4 is 11.6 Å². The van der Waals surface area contributed by atoms with Crippen LogP contribution in [-0.4, -0.2) is 21.3 Å². The maximum absolute atomic E-state index is 13.9. The molecule has 0 aliphatic rings. The van der Waals surface area contributed by atoms with Gasteiger partial charge in [0.1, 0.15) is 5.82 Å². The van der Waals surface area contributed by atoms with Gasteiger partial charge in [0.25, 0.3) is 0 Å². The van der Waals surface area contributed by atoms with Crippen LogP contribution in [0.5, 0.6) is 0 Å². The standard InChI is InChI=1S/C12H16FN5/c1-3-15-12-17-16-11(18(12)4-2)9-6-5-8(14)7-10(9)13/h5-7H,3-4,14H2,1-2H3,(H,15,17). The Morgan fingerprint density at radius 1 is 1.33 bits per heavy atom. The minimum Gasteiger partial charge on any atom is -0.399 e. The third-order valence-electron chi connectivity index (χ3n) is 2.64. The molecule has 2 rings (SSSR count). The Hall–Kier alpha value is -2.11. The van der Waals surface area contributed by atoms with Crippen LogP contribution in [0.25, 0.3) is 11.4 Å². The monoisotopic (exact) mass is 249 g/mol. The molecule has 0 aliphatic heterocycles. The minimum absolute atomic E-state index is 0.389. The van der Waals surface area contributed by atoms with Crippen molar-refractivity contribution in [2.75, 3.05) is 17.6 Å². The van der Waals surface area contributed by atoms with E-state index in [9.17, 15) is 4.39 Å². The summed E-state index contributed by atoms with van der Waals surface area (Å²) in [6, 6.07) is 4.56. The van der Waals surface area contributed by atoms with Crippen LogP contribution < -0.4 is 11.1 Å². The van der Waals surface area contributed by atoms with Crippen LogP contribution in [0.4, 0.5) is 16.0 Å². The molecule has 1 aromatic carbocycles. The molecule has 1 heterocycles. The number of halogens is 1. The van der Waals surface area contributed by atoms with Gasteiger partial charge in [0.2, 0.25) is 5.95 Å². The number of anilines is 2.